The maximum atomic E-state index is 13.0. The third kappa shape index (κ3) is 3.14. The molecule has 0 amide bonds. The van der Waals surface area contributed by atoms with E-state index in [1.165, 1.54) is 18.5 Å². The molecule has 0 spiro atoms. The van der Waals surface area contributed by atoms with E-state index in [4.69, 9.17) is 11.6 Å². The molecule has 1 aromatic heterocycles. The molecule has 0 aliphatic carbocycles. The van der Waals surface area contributed by atoms with E-state index in [0.717, 1.165) is 0 Å². The fraction of sp³-hybridized carbons (Fsp3) is 0. The maximum absolute atomic E-state index is 13.0. The van der Waals surface area contributed by atoms with Crippen molar-refractivity contribution in [2.45, 2.75) is 0 Å². The zero-order chi connectivity index (χ0) is 12.4. The molecule has 0 bridgehead atoms. The van der Waals surface area contributed by atoms with Gasteiger partial charge in [-0.1, -0.05) is 11.6 Å². The minimum atomic E-state index is -0.406. The molecule has 0 aliphatic rings. The molecule has 0 radical (unpaired) electrons. The van der Waals surface area contributed by atoms with E-state index >= 15 is 0 Å². The van der Waals surface area contributed by atoms with Crippen LogP contribution in [0.1, 0.15) is 0 Å². The number of hydrogen-bond acceptors (Lipinski definition) is 3. The van der Waals surface area contributed by atoms with Gasteiger partial charge in [0.25, 0.3) is 0 Å². The third-order valence-electron chi connectivity index (χ3n) is 1.89. The number of benzene rings is 1. The SMILES string of the molecule is Fc1cc(Cl)c(Nc2cc(Br)ncn2)c(Br)c1. The molecule has 2 rings (SSSR count). The van der Waals surface area contributed by atoms with Crippen LogP contribution in [-0.4, -0.2) is 9.97 Å². The Morgan fingerprint density at radius 1 is 1.18 bits per heavy atom. The molecule has 88 valence electrons. The van der Waals surface area contributed by atoms with Crippen molar-refractivity contribution >= 4 is 55.0 Å². The highest BCUT2D eigenvalue weighted by molar-refractivity contribution is 9.10. The molecule has 0 atom stereocenters. The monoisotopic (exact) mass is 379 g/mol. The molecule has 0 aliphatic heterocycles. The number of halogens is 4. The van der Waals surface area contributed by atoms with Crippen molar-refractivity contribution in [1.29, 1.82) is 0 Å². The lowest BCUT2D eigenvalue weighted by molar-refractivity contribution is 0.627. The van der Waals surface area contributed by atoms with Crippen LogP contribution in [0.4, 0.5) is 15.9 Å². The fourth-order valence-electron chi connectivity index (χ4n) is 1.19. The molecule has 3 nitrogen and oxygen atoms in total. The second-order valence-electron chi connectivity index (χ2n) is 3.10. The minimum Gasteiger partial charge on any atom is -0.338 e. The number of aromatic nitrogens is 2. The summed E-state index contributed by atoms with van der Waals surface area (Å²) >= 11 is 12.4. The molecule has 0 saturated heterocycles. The first kappa shape index (κ1) is 12.7. The Kier molecular flexibility index (Phi) is 3.96. The van der Waals surface area contributed by atoms with Crippen molar-refractivity contribution in [3.05, 3.63) is 44.4 Å². The van der Waals surface area contributed by atoms with Gasteiger partial charge < -0.3 is 5.32 Å². The highest BCUT2D eigenvalue weighted by atomic mass is 79.9. The van der Waals surface area contributed by atoms with Crippen LogP contribution in [0.15, 0.2) is 33.6 Å². The summed E-state index contributed by atoms with van der Waals surface area (Å²) in [6.45, 7) is 0. The summed E-state index contributed by atoms with van der Waals surface area (Å²) < 4.78 is 14.2. The molecule has 0 saturated carbocycles. The predicted octanol–water partition coefficient (Wildman–Crippen LogP) is 4.54. The standard InChI is InChI=1S/C10H5Br2ClFN3/c11-6-1-5(14)2-7(13)10(6)17-9-3-8(12)15-4-16-9/h1-4H,(H,15,16,17). The van der Waals surface area contributed by atoms with Crippen molar-refractivity contribution in [1.82, 2.24) is 9.97 Å². The normalized spacial score (nSPS) is 10.4. The summed E-state index contributed by atoms with van der Waals surface area (Å²) in [4.78, 5) is 7.92. The second-order valence-corrected chi connectivity index (χ2v) is 5.17. The van der Waals surface area contributed by atoms with E-state index in [9.17, 15) is 4.39 Å². The number of nitrogens with zero attached hydrogens (tertiary/aromatic N) is 2. The predicted molar refractivity (Wildman–Crippen MR) is 72.1 cm³/mol. The second kappa shape index (κ2) is 5.29. The van der Waals surface area contributed by atoms with Gasteiger partial charge >= 0.3 is 0 Å². The minimum absolute atomic E-state index is 0.270. The zero-order valence-electron chi connectivity index (χ0n) is 8.22. The average Bonchev–Trinajstić information content (AvgIpc) is 2.23. The average molecular weight is 381 g/mol. The number of hydrogen-bond donors (Lipinski definition) is 1. The Bertz CT molecular complexity index is 542. The molecule has 17 heavy (non-hydrogen) atoms. The molecule has 7 heteroatoms. The largest absolute Gasteiger partial charge is 0.338 e. The summed E-state index contributed by atoms with van der Waals surface area (Å²) in [5.41, 5.74) is 0.554. The van der Waals surface area contributed by atoms with Crippen LogP contribution >= 0.6 is 43.5 Å². The van der Waals surface area contributed by atoms with Gasteiger partial charge in [0.1, 0.15) is 22.6 Å². The van der Waals surface area contributed by atoms with Crippen molar-refractivity contribution in [3.63, 3.8) is 0 Å². The van der Waals surface area contributed by atoms with Crippen LogP contribution in [0.5, 0.6) is 0 Å². The van der Waals surface area contributed by atoms with Gasteiger partial charge in [0.15, 0.2) is 0 Å². The molecular weight excluding hydrogens is 376 g/mol. The number of anilines is 2. The summed E-state index contributed by atoms with van der Waals surface area (Å²) in [6, 6.07) is 4.24. The van der Waals surface area contributed by atoms with Gasteiger partial charge in [0.2, 0.25) is 0 Å². The molecule has 1 aromatic carbocycles. The Morgan fingerprint density at radius 3 is 2.59 bits per heavy atom. The molecule has 0 fully saturated rings. The van der Waals surface area contributed by atoms with Crippen molar-refractivity contribution in [2.75, 3.05) is 5.32 Å². The van der Waals surface area contributed by atoms with Gasteiger partial charge in [-0.05, 0) is 44.0 Å². The van der Waals surface area contributed by atoms with Gasteiger partial charge in [0, 0.05) is 10.5 Å². The van der Waals surface area contributed by atoms with E-state index in [1.807, 2.05) is 0 Å². The van der Waals surface area contributed by atoms with E-state index in [1.54, 1.807) is 6.07 Å². The van der Waals surface area contributed by atoms with Gasteiger partial charge in [-0.3, -0.25) is 0 Å². The maximum Gasteiger partial charge on any atom is 0.134 e. The smallest absolute Gasteiger partial charge is 0.134 e. The number of rotatable bonds is 2. The van der Waals surface area contributed by atoms with Crippen molar-refractivity contribution in [3.8, 4) is 0 Å². The van der Waals surface area contributed by atoms with Crippen molar-refractivity contribution < 1.29 is 4.39 Å². The topological polar surface area (TPSA) is 37.8 Å². The van der Waals surface area contributed by atoms with Crippen LogP contribution in [-0.2, 0) is 0 Å². The lowest BCUT2D eigenvalue weighted by atomic mass is 10.3. The third-order valence-corrected chi connectivity index (χ3v) is 3.25. The van der Waals surface area contributed by atoms with Gasteiger partial charge in [-0.25, -0.2) is 14.4 Å². The van der Waals surface area contributed by atoms with E-state index in [-0.39, 0.29) is 5.02 Å². The van der Waals surface area contributed by atoms with E-state index in [0.29, 0.717) is 20.6 Å². The van der Waals surface area contributed by atoms with Gasteiger partial charge in [0.05, 0.1) is 10.7 Å². The van der Waals surface area contributed by atoms with E-state index < -0.39 is 5.82 Å². The molecule has 2 aromatic rings. The van der Waals surface area contributed by atoms with Crippen molar-refractivity contribution in [2.24, 2.45) is 0 Å². The highest BCUT2D eigenvalue weighted by Gasteiger charge is 2.09. The van der Waals surface area contributed by atoms with Crippen LogP contribution in [0.3, 0.4) is 0 Å². The zero-order valence-corrected chi connectivity index (χ0v) is 12.1. The summed E-state index contributed by atoms with van der Waals surface area (Å²) in [5.74, 6) is 0.150. The Balaban J connectivity index is 2.36. The Hall–Kier alpha value is -0.720. The van der Waals surface area contributed by atoms with Crippen LogP contribution in [0.2, 0.25) is 5.02 Å². The lowest BCUT2D eigenvalue weighted by Crippen LogP contribution is -1.96. The summed E-state index contributed by atoms with van der Waals surface area (Å²) in [7, 11) is 0. The number of nitrogens with one attached hydrogen (secondary N) is 1. The first-order chi connectivity index (χ1) is 8.06. The highest BCUT2D eigenvalue weighted by Crippen LogP contribution is 2.33. The molecular formula is C10H5Br2ClFN3. The quantitative estimate of drug-likeness (QED) is 0.777. The van der Waals surface area contributed by atoms with Gasteiger partial charge in [-0.15, -0.1) is 0 Å². The Labute approximate surface area is 119 Å². The summed E-state index contributed by atoms with van der Waals surface area (Å²) in [6.07, 6.45) is 1.40. The van der Waals surface area contributed by atoms with E-state index in [2.05, 4.69) is 47.1 Å². The fourth-order valence-corrected chi connectivity index (χ4v) is 2.40. The molecule has 1 heterocycles. The first-order valence-electron chi connectivity index (χ1n) is 4.45. The van der Waals surface area contributed by atoms with Gasteiger partial charge in [-0.2, -0.15) is 0 Å². The first-order valence-corrected chi connectivity index (χ1v) is 6.42. The lowest BCUT2D eigenvalue weighted by Gasteiger charge is -2.09. The van der Waals surface area contributed by atoms with Crippen LogP contribution in [0, 0.1) is 5.82 Å². The summed E-state index contributed by atoms with van der Waals surface area (Å²) in [5, 5.41) is 3.25. The van der Waals surface area contributed by atoms with Crippen LogP contribution in [0.25, 0.3) is 0 Å². The molecule has 0 unspecified atom stereocenters. The molecule has 1 N–H and O–H groups in total. The Morgan fingerprint density at radius 2 is 1.94 bits per heavy atom. The van der Waals surface area contributed by atoms with Crippen LogP contribution < -0.4 is 5.32 Å².